The third-order valence-corrected chi connectivity index (χ3v) is 4.91. The van der Waals surface area contributed by atoms with Gasteiger partial charge in [0.2, 0.25) is 5.16 Å². The number of hydrogen-bond donors (Lipinski definition) is 0. The van der Waals surface area contributed by atoms with Gasteiger partial charge in [0.25, 0.3) is 11.5 Å². The SMILES string of the molecule is O=C1CCCc2nc3nc(SCc4cccc([N+](=O)[O-])c4)nn3cc21. The van der Waals surface area contributed by atoms with Crippen molar-refractivity contribution < 1.29 is 9.72 Å². The molecule has 0 spiro atoms. The minimum absolute atomic E-state index is 0.0638. The van der Waals surface area contributed by atoms with Crippen LogP contribution in [0, 0.1) is 10.1 Å². The van der Waals surface area contributed by atoms with Crippen LogP contribution in [0.2, 0.25) is 0 Å². The Morgan fingerprint density at radius 3 is 3.00 bits per heavy atom. The van der Waals surface area contributed by atoms with Gasteiger partial charge < -0.3 is 0 Å². The van der Waals surface area contributed by atoms with Gasteiger partial charge in [-0.05, 0) is 18.4 Å². The van der Waals surface area contributed by atoms with Gasteiger partial charge in [0.15, 0.2) is 5.78 Å². The van der Waals surface area contributed by atoms with Gasteiger partial charge >= 0.3 is 0 Å². The molecule has 3 aromatic rings. The third-order valence-electron chi connectivity index (χ3n) is 4.00. The van der Waals surface area contributed by atoms with Gasteiger partial charge in [-0.25, -0.2) is 9.50 Å². The van der Waals surface area contributed by atoms with E-state index in [0.717, 1.165) is 24.1 Å². The first-order valence-electron chi connectivity index (χ1n) is 7.76. The zero-order valence-corrected chi connectivity index (χ0v) is 13.9. The van der Waals surface area contributed by atoms with E-state index in [2.05, 4.69) is 15.1 Å². The molecule has 0 atom stereocenters. The molecule has 4 rings (SSSR count). The van der Waals surface area contributed by atoms with Crippen LogP contribution in [-0.4, -0.2) is 30.3 Å². The lowest BCUT2D eigenvalue weighted by Crippen LogP contribution is -2.14. The average molecular weight is 355 g/mol. The molecule has 0 radical (unpaired) electrons. The summed E-state index contributed by atoms with van der Waals surface area (Å²) < 4.78 is 1.53. The van der Waals surface area contributed by atoms with E-state index in [1.54, 1.807) is 18.3 Å². The molecule has 9 heteroatoms. The van der Waals surface area contributed by atoms with Crippen molar-refractivity contribution in [2.45, 2.75) is 30.2 Å². The number of ketones is 1. The summed E-state index contributed by atoms with van der Waals surface area (Å²) in [6.07, 6.45) is 3.84. The Morgan fingerprint density at radius 1 is 1.28 bits per heavy atom. The number of thioether (sulfide) groups is 1. The number of carbonyl (C=O) groups is 1. The summed E-state index contributed by atoms with van der Waals surface area (Å²) in [5, 5.41) is 15.7. The number of benzene rings is 1. The lowest BCUT2D eigenvalue weighted by atomic mass is 9.96. The zero-order valence-electron chi connectivity index (χ0n) is 13.1. The molecule has 2 aromatic heterocycles. The number of non-ortho nitro benzene ring substituents is 1. The van der Waals surface area contributed by atoms with Crippen LogP contribution in [0.5, 0.6) is 0 Å². The van der Waals surface area contributed by atoms with Crippen LogP contribution in [0.3, 0.4) is 0 Å². The summed E-state index contributed by atoms with van der Waals surface area (Å²) in [6, 6.07) is 6.49. The van der Waals surface area contributed by atoms with E-state index in [4.69, 9.17) is 0 Å². The lowest BCUT2D eigenvalue weighted by Gasteiger charge is -2.12. The largest absolute Gasteiger partial charge is 0.294 e. The Hall–Kier alpha value is -2.81. The van der Waals surface area contributed by atoms with Crippen LogP contribution in [0.15, 0.2) is 35.6 Å². The van der Waals surface area contributed by atoms with Gasteiger partial charge in [0.05, 0.1) is 16.2 Å². The normalized spacial score (nSPS) is 13.8. The molecule has 0 saturated heterocycles. The Kier molecular flexibility index (Phi) is 3.92. The Balaban J connectivity index is 1.57. The number of carbonyl (C=O) groups excluding carboxylic acids is 1. The molecule has 0 saturated carbocycles. The number of aromatic nitrogens is 4. The molecular weight excluding hydrogens is 342 g/mol. The maximum Gasteiger partial charge on any atom is 0.269 e. The highest BCUT2D eigenvalue weighted by molar-refractivity contribution is 7.98. The number of aryl methyl sites for hydroxylation is 1. The standard InChI is InChI=1S/C16H13N5O3S/c22-14-6-2-5-13-12(14)8-20-15(17-13)18-16(19-20)25-9-10-3-1-4-11(7-10)21(23)24/h1,3-4,7-8H,2,5-6,9H2. The summed E-state index contributed by atoms with van der Waals surface area (Å²) in [5.41, 5.74) is 2.29. The molecule has 0 bridgehead atoms. The van der Waals surface area contributed by atoms with Crippen LogP contribution in [-0.2, 0) is 12.2 Å². The zero-order chi connectivity index (χ0) is 17.4. The van der Waals surface area contributed by atoms with Gasteiger partial charge in [0.1, 0.15) is 0 Å². The maximum atomic E-state index is 12.0. The second-order valence-electron chi connectivity index (χ2n) is 5.73. The molecule has 25 heavy (non-hydrogen) atoms. The molecular formula is C16H13N5O3S. The maximum absolute atomic E-state index is 12.0. The van der Waals surface area contributed by atoms with Gasteiger partial charge in [-0.1, -0.05) is 23.9 Å². The van der Waals surface area contributed by atoms with Crippen molar-refractivity contribution in [3.63, 3.8) is 0 Å². The average Bonchev–Trinajstić information content (AvgIpc) is 3.01. The van der Waals surface area contributed by atoms with Crippen molar-refractivity contribution in [1.29, 1.82) is 0 Å². The summed E-state index contributed by atoms with van der Waals surface area (Å²) in [5.74, 6) is 1.07. The van der Waals surface area contributed by atoms with Gasteiger partial charge in [0, 0.05) is 30.5 Å². The predicted molar refractivity (Wildman–Crippen MR) is 90.7 cm³/mol. The molecule has 8 nitrogen and oxygen atoms in total. The van der Waals surface area contributed by atoms with Crippen molar-refractivity contribution >= 4 is 29.0 Å². The third kappa shape index (κ3) is 3.10. The van der Waals surface area contributed by atoms with Gasteiger partial charge in [-0.3, -0.25) is 14.9 Å². The first kappa shape index (κ1) is 15.7. The van der Waals surface area contributed by atoms with Crippen LogP contribution in [0.25, 0.3) is 5.78 Å². The molecule has 1 aliphatic carbocycles. The smallest absolute Gasteiger partial charge is 0.269 e. The van der Waals surface area contributed by atoms with Crippen molar-refractivity contribution in [3.05, 3.63) is 57.4 Å². The number of rotatable bonds is 4. The fourth-order valence-corrected chi connectivity index (χ4v) is 3.55. The first-order valence-corrected chi connectivity index (χ1v) is 8.74. The monoisotopic (exact) mass is 355 g/mol. The molecule has 1 aliphatic rings. The van der Waals surface area contributed by atoms with E-state index in [0.29, 0.717) is 28.7 Å². The molecule has 1 aromatic carbocycles. The van der Waals surface area contributed by atoms with E-state index < -0.39 is 4.92 Å². The van der Waals surface area contributed by atoms with Crippen LogP contribution >= 0.6 is 11.8 Å². The predicted octanol–water partition coefficient (Wildman–Crippen LogP) is 2.84. The molecule has 126 valence electrons. The topological polar surface area (TPSA) is 103 Å². The van der Waals surface area contributed by atoms with E-state index in [1.165, 1.54) is 22.3 Å². The Morgan fingerprint density at radius 2 is 2.16 bits per heavy atom. The van der Waals surface area contributed by atoms with E-state index in [9.17, 15) is 14.9 Å². The van der Waals surface area contributed by atoms with Crippen molar-refractivity contribution in [1.82, 2.24) is 19.6 Å². The number of hydrogen-bond acceptors (Lipinski definition) is 7. The number of nitrogens with zero attached hydrogens (tertiary/aromatic N) is 5. The van der Waals surface area contributed by atoms with Crippen molar-refractivity contribution in [3.8, 4) is 0 Å². The molecule has 2 heterocycles. The van der Waals surface area contributed by atoms with Gasteiger partial charge in [-0.2, -0.15) is 4.98 Å². The fourth-order valence-electron chi connectivity index (χ4n) is 2.78. The summed E-state index contributed by atoms with van der Waals surface area (Å²) in [4.78, 5) is 31.2. The van der Waals surface area contributed by atoms with E-state index >= 15 is 0 Å². The first-order chi connectivity index (χ1) is 12.1. The summed E-state index contributed by atoms with van der Waals surface area (Å²) in [7, 11) is 0. The van der Waals surface area contributed by atoms with Crippen LogP contribution in [0.4, 0.5) is 5.69 Å². The second-order valence-corrected chi connectivity index (χ2v) is 6.68. The molecule has 0 amide bonds. The molecule has 0 fully saturated rings. The number of nitro groups is 1. The van der Waals surface area contributed by atoms with Crippen LogP contribution < -0.4 is 0 Å². The second kappa shape index (κ2) is 6.25. The van der Waals surface area contributed by atoms with E-state index in [-0.39, 0.29) is 11.5 Å². The Labute approximate surface area is 146 Å². The van der Waals surface area contributed by atoms with Crippen LogP contribution in [0.1, 0.15) is 34.5 Å². The van der Waals surface area contributed by atoms with Crippen molar-refractivity contribution in [2.24, 2.45) is 0 Å². The number of fused-ring (bicyclic) bond motifs is 2. The van der Waals surface area contributed by atoms with Crippen molar-refractivity contribution in [2.75, 3.05) is 0 Å². The lowest BCUT2D eigenvalue weighted by molar-refractivity contribution is -0.384. The fraction of sp³-hybridized carbons (Fsp3) is 0.250. The summed E-state index contributed by atoms with van der Waals surface area (Å²) in [6.45, 7) is 0. The summed E-state index contributed by atoms with van der Waals surface area (Å²) >= 11 is 1.37. The minimum Gasteiger partial charge on any atom is -0.294 e. The highest BCUT2D eigenvalue weighted by Crippen LogP contribution is 2.24. The molecule has 0 unspecified atom stereocenters. The molecule has 0 N–H and O–H groups in total. The molecule has 0 aliphatic heterocycles. The quantitative estimate of drug-likeness (QED) is 0.403. The highest BCUT2D eigenvalue weighted by Gasteiger charge is 2.20. The number of Topliss-reactive ketones (excluding diaryl/α,β-unsaturated/α-hetero) is 1. The van der Waals surface area contributed by atoms with E-state index in [1.807, 2.05) is 6.07 Å². The minimum atomic E-state index is -0.414. The number of nitro benzene ring substituents is 1. The van der Waals surface area contributed by atoms with Gasteiger partial charge in [-0.15, -0.1) is 5.10 Å². The Bertz CT molecular complexity index is 1000. The highest BCUT2D eigenvalue weighted by atomic mass is 32.2.